The van der Waals surface area contributed by atoms with E-state index < -0.39 is 16.7 Å². The monoisotopic (exact) mass is 288 g/mol. The maximum absolute atomic E-state index is 11.9. The van der Waals surface area contributed by atoms with Crippen molar-refractivity contribution in [2.75, 3.05) is 5.32 Å². The van der Waals surface area contributed by atoms with Crippen molar-refractivity contribution in [3.63, 3.8) is 0 Å². The molecule has 1 atom stereocenters. The van der Waals surface area contributed by atoms with Crippen LogP contribution < -0.4 is 5.32 Å². The van der Waals surface area contributed by atoms with Gasteiger partial charge in [-0.15, -0.1) is 0 Å². The highest BCUT2D eigenvalue weighted by atomic mass is 16.6. The molecule has 8 nitrogen and oxygen atoms in total. The molecule has 1 heterocycles. The third-order valence-corrected chi connectivity index (χ3v) is 3.19. The van der Waals surface area contributed by atoms with Crippen molar-refractivity contribution in [2.45, 2.75) is 19.8 Å². The summed E-state index contributed by atoms with van der Waals surface area (Å²) in [5.74, 6) is -2.63. The second kappa shape index (κ2) is 5.66. The average Bonchev–Trinajstić information content (AvgIpc) is 3.23. The van der Waals surface area contributed by atoms with Crippen LogP contribution in [0.3, 0.4) is 0 Å². The number of rotatable bonds is 5. The Morgan fingerprint density at radius 3 is 2.71 bits per heavy atom. The van der Waals surface area contributed by atoms with E-state index in [1.54, 1.807) is 6.07 Å². The molecular formula is C13H12N4O4. The average molecular weight is 288 g/mol. The first-order valence-corrected chi connectivity index (χ1v) is 6.29. The van der Waals surface area contributed by atoms with Crippen LogP contribution in [0.5, 0.6) is 0 Å². The number of Topliss-reactive ketones (excluding diaryl/α,β-unsaturated/α-hetero) is 1. The summed E-state index contributed by atoms with van der Waals surface area (Å²) < 4.78 is 0. The van der Waals surface area contributed by atoms with Crippen molar-refractivity contribution in [2.24, 2.45) is 11.8 Å². The predicted octanol–water partition coefficient (Wildman–Crippen LogP) is 1.36. The first-order valence-electron chi connectivity index (χ1n) is 6.29. The highest BCUT2D eigenvalue weighted by Crippen LogP contribution is 2.32. The summed E-state index contributed by atoms with van der Waals surface area (Å²) in [6.07, 6.45) is 2.44. The molecule has 21 heavy (non-hydrogen) atoms. The van der Waals surface area contributed by atoms with Gasteiger partial charge >= 0.3 is 0 Å². The van der Waals surface area contributed by atoms with Gasteiger partial charge in [0, 0.05) is 11.5 Å². The quantitative estimate of drug-likeness (QED) is 0.495. The van der Waals surface area contributed by atoms with Gasteiger partial charge in [-0.3, -0.25) is 19.7 Å². The number of carbonyl (C=O) groups is 2. The van der Waals surface area contributed by atoms with Crippen LogP contribution in [0.2, 0.25) is 0 Å². The van der Waals surface area contributed by atoms with E-state index in [1.807, 2.05) is 0 Å². The van der Waals surface area contributed by atoms with Crippen LogP contribution >= 0.6 is 0 Å². The maximum atomic E-state index is 11.9. The Hall–Kier alpha value is -2.82. The molecule has 0 radical (unpaired) electrons. The van der Waals surface area contributed by atoms with E-state index >= 15 is 0 Å². The Morgan fingerprint density at radius 1 is 1.57 bits per heavy atom. The lowest BCUT2D eigenvalue weighted by atomic mass is 10.0. The number of carbonyl (C=O) groups excluding carboxylic acids is 2. The molecule has 0 saturated heterocycles. The molecule has 1 N–H and O–H groups in total. The van der Waals surface area contributed by atoms with Crippen LogP contribution in [0.1, 0.15) is 18.4 Å². The lowest BCUT2D eigenvalue weighted by molar-refractivity contribution is -0.385. The minimum atomic E-state index is -1.37. The Balaban J connectivity index is 2.11. The molecule has 1 unspecified atom stereocenters. The summed E-state index contributed by atoms with van der Waals surface area (Å²) in [4.78, 5) is 37.5. The van der Waals surface area contributed by atoms with Gasteiger partial charge in [0.25, 0.3) is 11.6 Å². The Labute approximate surface area is 119 Å². The number of nitrogens with one attached hydrogen (secondary N) is 1. The van der Waals surface area contributed by atoms with Crippen LogP contribution in [0.25, 0.3) is 0 Å². The van der Waals surface area contributed by atoms with Gasteiger partial charge in [-0.25, -0.2) is 4.98 Å². The minimum Gasteiger partial charge on any atom is -0.309 e. The van der Waals surface area contributed by atoms with Crippen molar-refractivity contribution >= 4 is 23.2 Å². The lowest BCUT2D eigenvalue weighted by Gasteiger charge is -2.08. The number of aromatic nitrogens is 1. The molecule has 1 aromatic rings. The number of hydrogen-bond acceptors (Lipinski definition) is 6. The predicted molar refractivity (Wildman–Crippen MR) is 71.1 cm³/mol. The molecule has 1 aromatic heterocycles. The van der Waals surface area contributed by atoms with Crippen LogP contribution in [0.15, 0.2) is 12.3 Å². The number of nitriles is 1. The fourth-order valence-electron chi connectivity index (χ4n) is 1.86. The Bertz CT molecular complexity index is 661. The topological polar surface area (TPSA) is 126 Å². The third-order valence-electron chi connectivity index (χ3n) is 3.19. The van der Waals surface area contributed by atoms with Crippen LogP contribution in [0.4, 0.5) is 11.5 Å². The summed E-state index contributed by atoms with van der Waals surface area (Å²) in [6.45, 7) is 1.51. The molecule has 108 valence electrons. The van der Waals surface area contributed by atoms with E-state index in [0.29, 0.717) is 18.4 Å². The van der Waals surface area contributed by atoms with Gasteiger partial charge in [-0.2, -0.15) is 5.26 Å². The zero-order valence-corrected chi connectivity index (χ0v) is 11.2. The standard InChI is InChI=1S/C13H12N4O4/c1-7-4-11(15-6-10(7)17(20)21)16-13(19)9(5-14)12(18)8-2-3-8/h4,6,8-9H,2-3H2,1H3,(H,15,16,19). The molecule has 1 saturated carbocycles. The number of ketones is 1. The zero-order valence-electron chi connectivity index (χ0n) is 11.2. The fourth-order valence-corrected chi connectivity index (χ4v) is 1.86. The molecule has 1 aliphatic carbocycles. The van der Waals surface area contributed by atoms with E-state index in [9.17, 15) is 19.7 Å². The first-order chi connectivity index (χ1) is 9.93. The van der Waals surface area contributed by atoms with Crippen molar-refractivity contribution in [3.05, 3.63) is 27.9 Å². The van der Waals surface area contributed by atoms with Crippen molar-refractivity contribution in [3.8, 4) is 6.07 Å². The number of aryl methyl sites for hydroxylation is 1. The van der Waals surface area contributed by atoms with Gasteiger partial charge in [-0.05, 0) is 25.8 Å². The highest BCUT2D eigenvalue weighted by molar-refractivity contribution is 6.10. The second-order valence-corrected chi connectivity index (χ2v) is 4.84. The molecule has 0 aliphatic heterocycles. The number of pyridine rings is 1. The largest absolute Gasteiger partial charge is 0.309 e. The number of anilines is 1. The molecule has 0 spiro atoms. The SMILES string of the molecule is Cc1cc(NC(=O)C(C#N)C(=O)C2CC2)ncc1[N+](=O)[O-]. The minimum absolute atomic E-state index is 0.0759. The Morgan fingerprint density at radius 2 is 2.24 bits per heavy atom. The van der Waals surface area contributed by atoms with Crippen molar-refractivity contribution in [1.82, 2.24) is 4.98 Å². The number of nitrogens with zero attached hydrogens (tertiary/aromatic N) is 3. The molecule has 8 heteroatoms. The molecule has 0 aromatic carbocycles. The zero-order chi connectivity index (χ0) is 15.6. The highest BCUT2D eigenvalue weighted by Gasteiger charge is 2.38. The molecule has 1 aliphatic rings. The fraction of sp³-hybridized carbons (Fsp3) is 0.385. The van der Waals surface area contributed by atoms with Gasteiger partial charge < -0.3 is 5.32 Å². The van der Waals surface area contributed by atoms with Gasteiger partial charge in [0.1, 0.15) is 12.0 Å². The number of amides is 1. The molecule has 1 amide bonds. The van der Waals surface area contributed by atoms with E-state index in [0.717, 1.165) is 6.20 Å². The number of nitro groups is 1. The van der Waals surface area contributed by atoms with Crippen LogP contribution in [0, 0.1) is 40.2 Å². The summed E-state index contributed by atoms with van der Waals surface area (Å²) in [5.41, 5.74) is 0.159. The molecule has 0 bridgehead atoms. The molecular weight excluding hydrogens is 276 g/mol. The van der Waals surface area contributed by atoms with Gasteiger partial charge in [0.05, 0.1) is 11.0 Å². The van der Waals surface area contributed by atoms with E-state index in [4.69, 9.17) is 5.26 Å². The van der Waals surface area contributed by atoms with Crippen molar-refractivity contribution < 1.29 is 14.5 Å². The van der Waals surface area contributed by atoms with Crippen molar-refractivity contribution in [1.29, 1.82) is 5.26 Å². The van der Waals surface area contributed by atoms with E-state index in [2.05, 4.69) is 10.3 Å². The van der Waals surface area contributed by atoms with Gasteiger partial charge in [-0.1, -0.05) is 0 Å². The first kappa shape index (κ1) is 14.6. The Kier molecular flexibility index (Phi) is 3.93. The van der Waals surface area contributed by atoms with Gasteiger partial charge in [0.2, 0.25) is 0 Å². The summed E-state index contributed by atoms with van der Waals surface area (Å²) in [5, 5.41) is 22.0. The summed E-state index contributed by atoms with van der Waals surface area (Å²) in [6, 6.07) is 3.02. The smallest absolute Gasteiger partial charge is 0.290 e. The summed E-state index contributed by atoms with van der Waals surface area (Å²) in [7, 11) is 0. The normalized spacial score (nSPS) is 14.9. The maximum Gasteiger partial charge on any atom is 0.290 e. The molecule has 2 rings (SSSR count). The number of hydrogen-bond donors (Lipinski definition) is 1. The third kappa shape index (κ3) is 3.20. The van der Waals surface area contributed by atoms with Gasteiger partial charge in [0.15, 0.2) is 11.7 Å². The second-order valence-electron chi connectivity index (χ2n) is 4.84. The van der Waals surface area contributed by atoms with Crippen LogP contribution in [-0.2, 0) is 9.59 Å². The van der Waals surface area contributed by atoms with E-state index in [1.165, 1.54) is 13.0 Å². The molecule has 1 fully saturated rings. The summed E-state index contributed by atoms with van der Waals surface area (Å²) >= 11 is 0. The van der Waals surface area contributed by atoms with Crippen LogP contribution in [-0.4, -0.2) is 21.6 Å². The lowest BCUT2D eigenvalue weighted by Crippen LogP contribution is -2.29. The van der Waals surface area contributed by atoms with E-state index in [-0.39, 0.29) is 23.2 Å².